The van der Waals surface area contributed by atoms with Crippen LogP contribution in [0.4, 0.5) is 18.3 Å². The molecule has 2 aliphatic heterocycles. The van der Waals surface area contributed by atoms with E-state index >= 15 is 0 Å². The van der Waals surface area contributed by atoms with Crippen LogP contribution in [0.3, 0.4) is 0 Å². The zero-order valence-corrected chi connectivity index (χ0v) is 21.3. The molecule has 0 saturated carbocycles. The number of halogens is 4. The van der Waals surface area contributed by atoms with Crippen molar-refractivity contribution in [3.8, 4) is 5.88 Å². The van der Waals surface area contributed by atoms with E-state index in [2.05, 4.69) is 32.0 Å². The number of likely N-dealkylation sites (N-methyl/N-ethyl adjacent to an activating group) is 1. The number of H-pyrrole nitrogens is 1. The molecule has 2 saturated heterocycles. The Labute approximate surface area is 220 Å². The number of thiazole rings is 1. The summed E-state index contributed by atoms with van der Waals surface area (Å²) in [4.78, 5) is 9.50. The molecule has 0 aliphatic carbocycles. The molecule has 2 fully saturated rings. The summed E-state index contributed by atoms with van der Waals surface area (Å²) < 4.78 is 41.8. The standard InChI is InChI=1S/C26H23ClF3N5OS/c1-34-12-18-5-6-19(13-34)35(18)25-32-24(36)23(37-25)20(14-3-7-22-16(8-14)11-31-33-22)9-15-2-4-17(27)10-21(15)26(28,29)30/h2-4,7-11,18-19,36H,5-6,12-13H2,1H3,(H,31,33). The van der Waals surface area contributed by atoms with Crippen LogP contribution in [0.25, 0.3) is 22.6 Å². The first kappa shape index (κ1) is 24.3. The highest BCUT2D eigenvalue weighted by Crippen LogP contribution is 2.45. The van der Waals surface area contributed by atoms with Gasteiger partial charge in [0.2, 0.25) is 5.88 Å². The van der Waals surface area contributed by atoms with Gasteiger partial charge in [-0.25, -0.2) is 0 Å². The lowest BCUT2D eigenvalue weighted by Crippen LogP contribution is -2.52. The first-order valence-corrected chi connectivity index (χ1v) is 13.1. The van der Waals surface area contributed by atoms with Crippen molar-refractivity contribution in [2.75, 3.05) is 25.0 Å². The fourth-order valence-electron chi connectivity index (χ4n) is 5.46. The number of likely N-dealkylation sites (tertiary alicyclic amines) is 1. The van der Waals surface area contributed by atoms with E-state index in [0.29, 0.717) is 33.2 Å². The fourth-order valence-corrected chi connectivity index (χ4v) is 6.77. The molecule has 0 amide bonds. The van der Waals surface area contributed by atoms with Crippen molar-refractivity contribution in [1.82, 2.24) is 20.1 Å². The summed E-state index contributed by atoms with van der Waals surface area (Å²) in [6, 6.07) is 9.75. The third-order valence-electron chi connectivity index (χ3n) is 7.10. The Hall–Kier alpha value is -3.08. The van der Waals surface area contributed by atoms with Crippen LogP contribution in [0.15, 0.2) is 42.6 Å². The summed E-state index contributed by atoms with van der Waals surface area (Å²) >= 11 is 7.22. The molecule has 192 valence electrons. The van der Waals surface area contributed by atoms with Gasteiger partial charge in [-0.3, -0.25) is 5.10 Å². The van der Waals surface area contributed by atoms with E-state index in [1.807, 2.05) is 12.1 Å². The van der Waals surface area contributed by atoms with Crippen LogP contribution >= 0.6 is 22.9 Å². The molecule has 0 spiro atoms. The largest absolute Gasteiger partial charge is 0.492 e. The van der Waals surface area contributed by atoms with Crippen LogP contribution in [0, 0.1) is 0 Å². The number of aromatic amines is 1. The third-order valence-corrected chi connectivity index (χ3v) is 8.43. The van der Waals surface area contributed by atoms with E-state index in [1.165, 1.54) is 29.5 Å². The Morgan fingerprint density at radius 1 is 1.16 bits per heavy atom. The van der Waals surface area contributed by atoms with Gasteiger partial charge in [-0.2, -0.15) is 23.3 Å². The van der Waals surface area contributed by atoms with E-state index in [9.17, 15) is 18.3 Å². The maximum absolute atomic E-state index is 13.9. The van der Waals surface area contributed by atoms with Gasteiger partial charge in [0.25, 0.3) is 0 Å². The van der Waals surface area contributed by atoms with E-state index in [1.54, 1.807) is 12.3 Å². The molecular weight excluding hydrogens is 523 g/mol. The van der Waals surface area contributed by atoms with Crippen molar-refractivity contribution in [1.29, 1.82) is 0 Å². The molecule has 4 heterocycles. The molecule has 6 nitrogen and oxygen atoms in total. The summed E-state index contributed by atoms with van der Waals surface area (Å²) in [5.41, 5.74) is 0.993. The molecule has 2 atom stereocenters. The van der Waals surface area contributed by atoms with Crippen LogP contribution in [0.5, 0.6) is 5.88 Å². The second-order valence-corrected chi connectivity index (χ2v) is 11.0. The zero-order chi connectivity index (χ0) is 25.9. The number of aromatic hydroxyl groups is 1. The Morgan fingerprint density at radius 3 is 2.65 bits per heavy atom. The lowest BCUT2D eigenvalue weighted by molar-refractivity contribution is -0.137. The third kappa shape index (κ3) is 4.47. The number of anilines is 1. The van der Waals surface area contributed by atoms with Crippen LogP contribution < -0.4 is 4.90 Å². The van der Waals surface area contributed by atoms with Crippen molar-refractivity contribution in [2.45, 2.75) is 31.1 Å². The molecule has 0 radical (unpaired) electrons. The maximum Gasteiger partial charge on any atom is 0.417 e. The number of nitrogens with one attached hydrogen (secondary N) is 1. The molecule has 37 heavy (non-hydrogen) atoms. The SMILES string of the molecule is CN1CC2CCC(C1)N2c1nc(O)c(C(=Cc2ccc(Cl)cc2C(F)(F)F)c2ccc3[nH]ncc3c2)s1. The van der Waals surface area contributed by atoms with Crippen LogP contribution in [0.2, 0.25) is 5.02 Å². The van der Waals surface area contributed by atoms with Crippen molar-refractivity contribution >= 4 is 50.6 Å². The number of fused-ring (bicyclic) bond motifs is 3. The molecular formula is C26H23ClF3N5OS. The number of rotatable bonds is 4. The van der Waals surface area contributed by atoms with Crippen molar-refractivity contribution < 1.29 is 18.3 Å². The van der Waals surface area contributed by atoms with Crippen molar-refractivity contribution in [3.63, 3.8) is 0 Å². The Kier molecular flexibility index (Phi) is 5.93. The smallest absolute Gasteiger partial charge is 0.417 e. The summed E-state index contributed by atoms with van der Waals surface area (Å²) in [6.45, 7) is 1.82. The quantitative estimate of drug-likeness (QED) is 0.296. The summed E-state index contributed by atoms with van der Waals surface area (Å²) in [7, 11) is 2.10. The number of alkyl halides is 3. The first-order chi connectivity index (χ1) is 17.7. The van der Waals surface area contributed by atoms with Crippen molar-refractivity contribution in [3.05, 3.63) is 69.2 Å². The normalized spacial score (nSPS) is 20.8. The molecule has 2 bridgehead atoms. The molecule has 2 unspecified atom stereocenters. The molecule has 2 N–H and O–H groups in total. The number of benzene rings is 2. The monoisotopic (exact) mass is 545 g/mol. The van der Waals surface area contributed by atoms with Gasteiger partial charge in [0, 0.05) is 41.2 Å². The predicted octanol–water partition coefficient (Wildman–Crippen LogP) is 6.27. The highest BCUT2D eigenvalue weighted by molar-refractivity contribution is 7.17. The zero-order valence-electron chi connectivity index (χ0n) is 19.8. The van der Waals surface area contributed by atoms with Gasteiger partial charge in [0.05, 0.1) is 17.3 Å². The van der Waals surface area contributed by atoms with E-state index in [4.69, 9.17) is 11.6 Å². The molecule has 11 heteroatoms. The summed E-state index contributed by atoms with van der Waals surface area (Å²) in [6.07, 6.45) is 0.598. The van der Waals surface area contributed by atoms with Gasteiger partial charge in [0.15, 0.2) is 5.13 Å². The van der Waals surface area contributed by atoms with Gasteiger partial charge >= 0.3 is 6.18 Å². The average molecular weight is 546 g/mol. The van der Waals surface area contributed by atoms with Gasteiger partial charge < -0.3 is 14.9 Å². The second-order valence-electron chi connectivity index (χ2n) is 9.62. The van der Waals surface area contributed by atoms with Gasteiger partial charge in [-0.1, -0.05) is 35.1 Å². The Balaban J connectivity index is 1.51. The second kappa shape index (κ2) is 9.04. The van der Waals surface area contributed by atoms with Crippen LogP contribution in [0.1, 0.15) is 34.4 Å². The predicted molar refractivity (Wildman–Crippen MR) is 140 cm³/mol. The number of aromatic nitrogens is 3. The van der Waals surface area contributed by atoms with E-state index in [0.717, 1.165) is 42.9 Å². The average Bonchev–Trinajstić information content (AvgIpc) is 3.53. The number of piperazine rings is 1. The van der Waals surface area contributed by atoms with Crippen LogP contribution in [-0.2, 0) is 6.18 Å². The van der Waals surface area contributed by atoms with Crippen LogP contribution in [-0.4, -0.2) is 57.4 Å². The molecule has 2 aromatic heterocycles. The Bertz CT molecular complexity index is 1500. The highest BCUT2D eigenvalue weighted by Gasteiger charge is 2.41. The minimum absolute atomic E-state index is 0.000642. The lowest BCUT2D eigenvalue weighted by atomic mass is 9.98. The first-order valence-electron chi connectivity index (χ1n) is 11.9. The molecule has 4 aromatic rings. The number of hydrogen-bond donors (Lipinski definition) is 2. The van der Waals surface area contributed by atoms with E-state index < -0.39 is 11.7 Å². The number of hydrogen-bond acceptors (Lipinski definition) is 6. The Morgan fingerprint density at radius 2 is 1.92 bits per heavy atom. The minimum atomic E-state index is -4.60. The summed E-state index contributed by atoms with van der Waals surface area (Å²) in [5, 5.41) is 19.5. The molecule has 2 aromatic carbocycles. The lowest BCUT2D eigenvalue weighted by Gasteiger charge is -2.39. The van der Waals surface area contributed by atoms with Gasteiger partial charge in [-0.15, -0.1) is 0 Å². The molecule has 6 rings (SSSR count). The topological polar surface area (TPSA) is 68.3 Å². The van der Waals surface area contributed by atoms with Crippen molar-refractivity contribution in [2.24, 2.45) is 0 Å². The van der Waals surface area contributed by atoms with Gasteiger partial charge in [0.1, 0.15) is 4.88 Å². The maximum atomic E-state index is 13.9. The minimum Gasteiger partial charge on any atom is -0.492 e. The van der Waals surface area contributed by atoms with Gasteiger partial charge in [-0.05, 0) is 61.4 Å². The highest BCUT2D eigenvalue weighted by atomic mass is 35.5. The van der Waals surface area contributed by atoms with E-state index in [-0.39, 0.29) is 16.5 Å². The number of nitrogens with zero attached hydrogens (tertiary/aromatic N) is 4. The summed E-state index contributed by atoms with van der Waals surface area (Å²) in [5.74, 6) is -0.195. The fraction of sp³-hybridized carbons (Fsp3) is 0.308. The molecule has 2 aliphatic rings.